The number of rotatable bonds is 22. The Labute approximate surface area is 258 Å². The number of esters is 1. The van der Waals surface area contributed by atoms with Crippen molar-refractivity contribution in [2.24, 2.45) is 11.8 Å². The Hall–Kier alpha value is -3.14. The maximum absolute atomic E-state index is 13.5. The number of carbonyl (C=O) groups is 4. The SMILES string of the molecule is CCCCCCCCC(=O)N[C@@H](CC(C)C)C(=O)NC(C)(CC(C=O)CN(C)Cc1ccc(OC)cc1OC)C(=O)OC. The van der Waals surface area contributed by atoms with Crippen molar-refractivity contribution in [3.05, 3.63) is 23.8 Å². The molecule has 244 valence electrons. The van der Waals surface area contributed by atoms with Crippen molar-refractivity contribution in [3.63, 3.8) is 0 Å². The van der Waals surface area contributed by atoms with Crippen LogP contribution in [0.15, 0.2) is 18.2 Å². The van der Waals surface area contributed by atoms with Crippen LogP contribution in [-0.2, 0) is 30.5 Å². The Morgan fingerprint density at radius 2 is 1.70 bits per heavy atom. The molecule has 43 heavy (non-hydrogen) atoms. The third-order valence-corrected chi connectivity index (χ3v) is 7.49. The van der Waals surface area contributed by atoms with E-state index in [-0.39, 0.29) is 18.2 Å². The van der Waals surface area contributed by atoms with E-state index in [0.29, 0.717) is 37.4 Å². The van der Waals surface area contributed by atoms with Crippen molar-refractivity contribution < 1.29 is 33.4 Å². The lowest BCUT2D eigenvalue weighted by atomic mass is 9.88. The summed E-state index contributed by atoms with van der Waals surface area (Å²) < 4.78 is 15.8. The molecule has 0 radical (unpaired) electrons. The molecular weight excluding hydrogens is 550 g/mol. The highest BCUT2D eigenvalue weighted by atomic mass is 16.5. The van der Waals surface area contributed by atoms with E-state index in [2.05, 4.69) is 17.6 Å². The molecule has 0 spiro atoms. The number of methoxy groups -OCH3 is 3. The number of benzene rings is 1. The highest BCUT2D eigenvalue weighted by Crippen LogP contribution is 2.26. The van der Waals surface area contributed by atoms with Gasteiger partial charge in [-0.05, 0) is 45.2 Å². The van der Waals surface area contributed by atoms with Gasteiger partial charge in [0.2, 0.25) is 11.8 Å². The van der Waals surface area contributed by atoms with Crippen molar-refractivity contribution in [2.45, 2.75) is 104 Å². The van der Waals surface area contributed by atoms with Crippen LogP contribution in [0, 0.1) is 11.8 Å². The van der Waals surface area contributed by atoms with Gasteiger partial charge in [-0.3, -0.25) is 9.59 Å². The highest BCUT2D eigenvalue weighted by Gasteiger charge is 2.40. The fourth-order valence-electron chi connectivity index (χ4n) is 5.22. The van der Waals surface area contributed by atoms with Gasteiger partial charge in [0.15, 0.2) is 0 Å². The van der Waals surface area contributed by atoms with E-state index < -0.39 is 29.4 Å². The smallest absolute Gasteiger partial charge is 0.331 e. The number of unbranched alkanes of at least 4 members (excludes halogenated alkanes) is 5. The van der Waals surface area contributed by atoms with Crippen molar-refractivity contribution in [2.75, 3.05) is 34.9 Å². The molecule has 0 aromatic heterocycles. The quantitative estimate of drug-likeness (QED) is 0.111. The fraction of sp³-hybridized carbons (Fsp3) is 0.697. The van der Waals surface area contributed by atoms with Crippen LogP contribution in [0.5, 0.6) is 11.5 Å². The van der Waals surface area contributed by atoms with E-state index in [0.717, 1.165) is 37.5 Å². The number of nitrogens with one attached hydrogen (secondary N) is 2. The highest BCUT2D eigenvalue weighted by molar-refractivity contribution is 5.92. The first-order valence-electron chi connectivity index (χ1n) is 15.5. The topological polar surface area (TPSA) is 123 Å². The molecule has 0 heterocycles. The Kier molecular flexibility index (Phi) is 17.6. The van der Waals surface area contributed by atoms with Crippen LogP contribution in [-0.4, -0.2) is 75.5 Å². The molecule has 10 heteroatoms. The summed E-state index contributed by atoms with van der Waals surface area (Å²) >= 11 is 0. The molecule has 0 aliphatic heterocycles. The average Bonchev–Trinajstić information content (AvgIpc) is 2.97. The summed E-state index contributed by atoms with van der Waals surface area (Å²) in [6.45, 7) is 8.47. The molecule has 10 nitrogen and oxygen atoms in total. The summed E-state index contributed by atoms with van der Waals surface area (Å²) in [7, 11) is 6.28. The maximum Gasteiger partial charge on any atom is 0.331 e. The molecule has 1 rings (SSSR count). The number of amides is 2. The minimum absolute atomic E-state index is 0.0269. The molecular formula is C33H55N3O7. The minimum Gasteiger partial charge on any atom is -0.497 e. The van der Waals surface area contributed by atoms with E-state index in [1.807, 2.05) is 37.9 Å². The maximum atomic E-state index is 13.5. The molecule has 2 N–H and O–H groups in total. The number of aldehydes is 1. The van der Waals surface area contributed by atoms with Crippen LogP contribution in [0.25, 0.3) is 0 Å². The largest absolute Gasteiger partial charge is 0.497 e. The molecule has 0 fully saturated rings. The number of nitrogens with zero attached hydrogens (tertiary/aromatic N) is 1. The number of hydrogen-bond acceptors (Lipinski definition) is 8. The van der Waals surface area contributed by atoms with Gasteiger partial charge in [-0.25, -0.2) is 4.79 Å². The lowest BCUT2D eigenvalue weighted by Gasteiger charge is -2.33. The van der Waals surface area contributed by atoms with Gasteiger partial charge in [0.25, 0.3) is 0 Å². The second kappa shape index (κ2) is 19.9. The Bertz CT molecular complexity index is 1020. The Balaban J connectivity index is 2.95. The van der Waals surface area contributed by atoms with Crippen LogP contribution < -0.4 is 20.1 Å². The molecule has 2 unspecified atom stereocenters. The lowest BCUT2D eigenvalue weighted by Crippen LogP contribution is -2.59. The molecule has 0 aliphatic rings. The monoisotopic (exact) mass is 605 g/mol. The van der Waals surface area contributed by atoms with Gasteiger partial charge in [-0.15, -0.1) is 0 Å². The van der Waals surface area contributed by atoms with Crippen LogP contribution >= 0.6 is 0 Å². The number of hydrogen-bond donors (Lipinski definition) is 2. The summed E-state index contributed by atoms with van der Waals surface area (Å²) in [5.41, 5.74) is -0.567. The van der Waals surface area contributed by atoms with Crippen molar-refractivity contribution in [1.29, 1.82) is 0 Å². The van der Waals surface area contributed by atoms with E-state index >= 15 is 0 Å². The normalized spacial score (nSPS) is 14.0. The van der Waals surface area contributed by atoms with Gasteiger partial charge in [-0.1, -0.05) is 58.9 Å². The molecule has 0 bridgehead atoms. The van der Waals surface area contributed by atoms with E-state index in [1.165, 1.54) is 20.0 Å². The standard InChI is InChI=1S/C33H55N3O7/c1-9-10-11-12-13-14-15-30(38)34-28(18-24(2)3)31(39)35-33(4,32(40)43-8)20-25(23-37)21-36(5)22-26-16-17-27(41-6)19-29(26)42-7/h16-17,19,23-25,28H,9-15,18,20-22H2,1-8H3,(H,34,38)(H,35,39)/t25?,28-,33?/m0/s1. The minimum atomic E-state index is -1.48. The number of ether oxygens (including phenoxy) is 3. The third-order valence-electron chi connectivity index (χ3n) is 7.49. The molecule has 0 saturated carbocycles. The Morgan fingerprint density at radius 3 is 2.28 bits per heavy atom. The summed E-state index contributed by atoms with van der Waals surface area (Å²) in [6, 6.07) is 4.73. The second-order valence-corrected chi connectivity index (χ2v) is 12.1. The first kappa shape index (κ1) is 37.9. The van der Waals surface area contributed by atoms with Crippen LogP contribution in [0.1, 0.15) is 91.0 Å². The van der Waals surface area contributed by atoms with Crippen molar-refractivity contribution in [1.82, 2.24) is 15.5 Å². The van der Waals surface area contributed by atoms with Gasteiger partial charge < -0.3 is 34.5 Å². The summed E-state index contributed by atoms with van der Waals surface area (Å²) in [5.74, 6) is -0.446. The molecule has 0 aliphatic carbocycles. The zero-order valence-electron chi connectivity index (χ0n) is 27.6. The van der Waals surface area contributed by atoms with Gasteiger partial charge in [0, 0.05) is 37.1 Å². The van der Waals surface area contributed by atoms with Crippen molar-refractivity contribution in [3.8, 4) is 11.5 Å². The summed E-state index contributed by atoms with van der Waals surface area (Å²) in [5, 5.41) is 5.70. The molecule has 0 saturated heterocycles. The summed E-state index contributed by atoms with van der Waals surface area (Å²) in [4.78, 5) is 53.3. The fourth-order valence-corrected chi connectivity index (χ4v) is 5.22. The predicted molar refractivity (Wildman–Crippen MR) is 168 cm³/mol. The second-order valence-electron chi connectivity index (χ2n) is 12.1. The third kappa shape index (κ3) is 13.8. The molecule has 3 atom stereocenters. The molecule has 2 amide bonds. The van der Waals surface area contributed by atoms with Crippen LogP contribution in [0.3, 0.4) is 0 Å². The number of carbonyl (C=O) groups excluding carboxylic acids is 4. The van der Waals surface area contributed by atoms with Gasteiger partial charge >= 0.3 is 5.97 Å². The molecule has 1 aromatic carbocycles. The van der Waals surface area contributed by atoms with Crippen LogP contribution in [0.4, 0.5) is 0 Å². The first-order chi connectivity index (χ1) is 20.4. The van der Waals surface area contributed by atoms with Crippen LogP contribution in [0.2, 0.25) is 0 Å². The lowest BCUT2D eigenvalue weighted by molar-refractivity contribution is -0.151. The molecule has 1 aromatic rings. The van der Waals surface area contributed by atoms with Gasteiger partial charge in [0.05, 0.1) is 21.3 Å². The van der Waals surface area contributed by atoms with E-state index in [9.17, 15) is 19.2 Å². The zero-order chi connectivity index (χ0) is 32.4. The van der Waals surface area contributed by atoms with Crippen molar-refractivity contribution >= 4 is 24.1 Å². The first-order valence-corrected chi connectivity index (χ1v) is 15.5. The predicted octanol–water partition coefficient (Wildman–Crippen LogP) is 4.67. The van der Waals surface area contributed by atoms with Gasteiger partial charge in [-0.2, -0.15) is 0 Å². The van der Waals surface area contributed by atoms with E-state index in [1.54, 1.807) is 27.2 Å². The van der Waals surface area contributed by atoms with E-state index in [4.69, 9.17) is 14.2 Å². The van der Waals surface area contributed by atoms with Gasteiger partial charge in [0.1, 0.15) is 29.4 Å². The Morgan fingerprint density at radius 1 is 1.02 bits per heavy atom. The zero-order valence-corrected chi connectivity index (χ0v) is 27.6. The average molecular weight is 606 g/mol. The summed E-state index contributed by atoms with van der Waals surface area (Å²) in [6.07, 6.45) is 7.94.